The van der Waals surface area contributed by atoms with Gasteiger partial charge in [0, 0.05) is 38.3 Å². The number of benzene rings is 2. The number of carbonyl (C=O) groups excluding carboxylic acids is 3. The molecule has 32 heavy (non-hydrogen) atoms. The number of rotatable bonds is 3. The van der Waals surface area contributed by atoms with E-state index in [1.807, 2.05) is 18.2 Å². The predicted octanol–water partition coefficient (Wildman–Crippen LogP) is 1.95. The fourth-order valence-electron chi connectivity index (χ4n) is 4.95. The second kappa shape index (κ2) is 7.93. The zero-order chi connectivity index (χ0) is 22.3. The minimum Gasteiger partial charge on any atom is -0.368 e. The van der Waals surface area contributed by atoms with Gasteiger partial charge in [0.15, 0.2) is 0 Å². The molecule has 3 aliphatic rings. The molecule has 8 heteroatoms. The molecule has 4 amide bonds. The van der Waals surface area contributed by atoms with Crippen LogP contribution in [0.1, 0.15) is 17.5 Å². The first-order valence-electron chi connectivity index (χ1n) is 10.9. The normalized spacial score (nSPS) is 22.8. The molecule has 2 aromatic rings. The topological polar surface area (TPSA) is 73.0 Å². The second-order valence-electron chi connectivity index (χ2n) is 8.69. The Morgan fingerprint density at radius 1 is 0.969 bits per heavy atom. The summed E-state index contributed by atoms with van der Waals surface area (Å²) >= 11 is 0. The number of nitrogens with zero attached hydrogens (tertiary/aromatic N) is 3. The molecule has 1 N–H and O–H groups in total. The predicted molar refractivity (Wildman–Crippen MR) is 117 cm³/mol. The second-order valence-corrected chi connectivity index (χ2v) is 8.69. The van der Waals surface area contributed by atoms with Gasteiger partial charge >= 0.3 is 6.03 Å². The molecular weight excluding hydrogens is 411 g/mol. The van der Waals surface area contributed by atoms with E-state index in [1.165, 1.54) is 17.7 Å². The Hall–Kier alpha value is -3.42. The fourth-order valence-corrected chi connectivity index (χ4v) is 4.95. The average Bonchev–Trinajstić information content (AvgIpc) is 3.03. The molecule has 1 unspecified atom stereocenters. The van der Waals surface area contributed by atoms with Crippen LogP contribution in [-0.2, 0) is 22.4 Å². The van der Waals surface area contributed by atoms with E-state index in [-0.39, 0.29) is 24.2 Å². The van der Waals surface area contributed by atoms with Crippen molar-refractivity contribution < 1.29 is 18.8 Å². The SMILES string of the molecule is O=C(CN1C(=O)NC2(CCc3ccccc3C2)C1=O)N1CCN(c2ccc(F)cc2)CC1. The summed E-state index contributed by atoms with van der Waals surface area (Å²) in [5, 5.41) is 2.88. The molecule has 2 aliphatic heterocycles. The maximum Gasteiger partial charge on any atom is 0.325 e. The lowest BCUT2D eigenvalue weighted by Crippen LogP contribution is -2.53. The summed E-state index contributed by atoms with van der Waals surface area (Å²) in [5.74, 6) is -0.828. The third-order valence-corrected chi connectivity index (χ3v) is 6.80. The third kappa shape index (κ3) is 3.59. The lowest BCUT2D eigenvalue weighted by atomic mass is 9.78. The van der Waals surface area contributed by atoms with Crippen molar-refractivity contribution in [3.05, 3.63) is 65.5 Å². The summed E-state index contributed by atoms with van der Waals surface area (Å²) in [7, 11) is 0. The average molecular weight is 436 g/mol. The van der Waals surface area contributed by atoms with Crippen molar-refractivity contribution in [1.82, 2.24) is 15.1 Å². The highest BCUT2D eigenvalue weighted by Crippen LogP contribution is 2.33. The van der Waals surface area contributed by atoms with Crippen molar-refractivity contribution in [2.75, 3.05) is 37.6 Å². The first-order chi connectivity index (χ1) is 15.4. The Balaban J connectivity index is 1.21. The van der Waals surface area contributed by atoms with Gasteiger partial charge in [-0.15, -0.1) is 0 Å². The number of imide groups is 1. The molecule has 0 saturated carbocycles. The van der Waals surface area contributed by atoms with Crippen LogP contribution in [0.15, 0.2) is 48.5 Å². The van der Waals surface area contributed by atoms with Gasteiger partial charge in [-0.25, -0.2) is 9.18 Å². The minimum absolute atomic E-state index is 0.236. The zero-order valence-electron chi connectivity index (χ0n) is 17.7. The summed E-state index contributed by atoms with van der Waals surface area (Å²) in [6.45, 7) is 1.94. The number of fused-ring (bicyclic) bond motifs is 1. The Morgan fingerprint density at radius 3 is 2.38 bits per heavy atom. The molecule has 5 rings (SSSR count). The number of piperazine rings is 1. The van der Waals surface area contributed by atoms with Crippen molar-refractivity contribution in [2.45, 2.75) is 24.8 Å². The van der Waals surface area contributed by atoms with Crippen LogP contribution < -0.4 is 10.2 Å². The standard InChI is InChI=1S/C24H25FN4O3/c25-19-5-7-20(8-6-19)27-11-13-28(14-12-27)21(30)16-29-22(31)24(26-23(29)32)10-9-17-3-1-2-4-18(17)15-24/h1-8H,9-16H2,(H,26,32). The van der Waals surface area contributed by atoms with E-state index in [4.69, 9.17) is 0 Å². The van der Waals surface area contributed by atoms with Crippen molar-refractivity contribution in [2.24, 2.45) is 0 Å². The van der Waals surface area contributed by atoms with Crippen LogP contribution in [0.2, 0.25) is 0 Å². The summed E-state index contributed by atoms with van der Waals surface area (Å²) in [5.41, 5.74) is 2.23. The molecule has 1 spiro atoms. The molecule has 0 bridgehead atoms. The fraction of sp³-hybridized carbons (Fsp3) is 0.375. The van der Waals surface area contributed by atoms with Crippen LogP contribution in [0.5, 0.6) is 0 Å². The summed E-state index contributed by atoms with van der Waals surface area (Å²) < 4.78 is 13.1. The molecule has 166 valence electrons. The molecule has 2 heterocycles. The first-order valence-corrected chi connectivity index (χ1v) is 10.9. The van der Waals surface area contributed by atoms with Crippen molar-refractivity contribution in [3.63, 3.8) is 0 Å². The highest BCUT2D eigenvalue weighted by molar-refractivity contribution is 6.09. The molecule has 0 radical (unpaired) electrons. The van der Waals surface area contributed by atoms with E-state index in [2.05, 4.69) is 16.3 Å². The first kappa shape index (κ1) is 20.5. The zero-order valence-corrected chi connectivity index (χ0v) is 17.7. The van der Waals surface area contributed by atoms with E-state index in [1.54, 1.807) is 17.0 Å². The summed E-state index contributed by atoms with van der Waals surface area (Å²) in [4.78, 5) is 43.6. The van der Waals surface area contributed by atoms with Gasteiger partial charge in [0.05, 0.1) is 0 Å². The highest BCUT2D eigenvalue weighted by Gasteiger charge is 2.52. The number of hydrogen-bond donors (Lipinski definition) is 1. The molecular formula is C24H25FN4O3. The maximum atomic E-state index is 13.2. The van der Waals surface area contributed by atoms with Crippen LogP contribution in [0.3, 0.4) is 0 Å². The van der Waals surface area contributed by atoms with Gasteiger partial charge in [0.2, 0.25) is 5.91 Å². The summed E-state index contributed by atoms with van der Waals surface area (Å²) in [6.07, 6.45) is 1.71. The van der Waals surface area contributed by atoms with Gasteiger partial charge < -0.3 is 15.1 Å². The Morgan fingerprint density at radius 2 is 1.66 bits per heavy atom. The monoisotopic (exact) mass is 436 g/mol. The number of amides is 4. The Labute approximate surface area is 185 Å². The van der Waals surface area contributed by atoms with Crippen LogP contribution >= 0.6 is 0 Å². The molecule has 1 aliphatic carbocycles. The number of urea groups is 1. The number of carbonyl (C=O) groups is 3. The third-order valence-electron chi connectivity index (χ3n) is 6.80. The van der Waals surface area contributed by atoms with Gasteiger partial charge in [-0.1, -0.05) is 24.3 Å². The van der Waals surface area contributed by atoms with Gasteiger partial charge in [-0.05, 0) is 48.2 Å². The molecule has 2 fully saturated rings. The van der Waals surface area contributed by atoms with Crippen LogP contribution in [-0.4, -0.2) is 65.9 Å². The minimum atomic E-state index is -0.951. The van der Waals surface area contributed by atoms with E-state index in [0.717, 1.165) is 22.6 Å². The molecule has 2 aromatic carbocycles. The van der Waals surface area contributed by atoms with E-state index >= 15 is 0 Å². The number of anilines is 1. The quantitative estimate of drug-likeness (QED) is 0.747. The lowest BCUT2D eigenvalue weighted by Gasteiger charge is -2.36. The smallest absolute Gasteiger partial charge is 0.325 e. The Kier molecular flexibility index (Phi) is 5.07. The Bertz CT molecular complexity index is 1070. The van der Waals surface area contributed by atoms with E-state index in [9.17, 15) is 18.8 Å². The van der Waals surface area contributed by atoms with Gasteiger partial charge in [-0.3, -0.25) is 14.5 Å². The number of hydrogen-bond acceptors (Lipinski definition) is 4. The van der Waals surface area contributed by atoms with Crippen molar-refractivity contribution >= 4 is 23.5 Å². The lowest BCUT2D eigenvalue weighted by molar-refractivity contribution is -0.139. The van der Waals surface area contributed by atoms with Gasteiger partial charge in [-0.2, -0.15) is 0 Å². The van der Waals surface area contributed by atoms with E-state index < -0.39 is 11.6 Å². The summed E-state index contributed by atoms with van der Waals surface area (Å²) in [6, 6.07) is 13.8. The number of halogens is 1. The number of nitrogens with one attached hydrogen (secondary N) is 1. The van der Waals surface area contributed by atoms with Crippen molar-refractivity contribution in [3.8, 4) is 0 Å². The molecule has 0 aromatic heterocycles. The molecule has 7 nitrogen and oxygen atoms in total. The van der Waals surface area contributed by atoms with Gasteiger partial charge in [0.1, 0.15) is 17.9 Å². The highest BCUT2D eigenvalue weighted by atomic mass is 19.1. The maximum absolute atomic E-state index is 13.2. The van der Waals surface area contributed by atoms with E-state index in [0.29, 0.717) is 39.0 Å². The molecule has 1 atom stereocenters. The van der Waals surface area contributed by atoms with Crippen LogP contribution in [0.25, 0.3) is 0 Å². The molecule has 2 saturated heterocycles. The van der Waals surface area contributed by atoms with Gasteiger partial charge in [0.25, 0.3) is 5.91 Å². The van der Waals surface area contributed by atoms with Crippen LogP contribution in [0, 0.1) is 5.82 Å². The number of aryl methyl sites for hydroxylation is 1. The van der Waals surface area contributed by atoms with Crippen LogP contribution in [0.4, 0.5) is 14.9 Å². The largest absolute Gasteiger partial charge is 0.368 e. The van der Waals surface area contributed by atoms with Crippen molar-refractivity contribution in [1.29, 1.82) is 0 Å².